The average Bonchev–Trinajstić information content (AvgIpc) is 3.16. The lowest BCUT2D eigenvalue weighted by Crippen LogP contribution is -2.31. The van der Waals surface area contributed by atoms with Crippen molar-refractivity contribution in [1.82, 2.24) is 0 Å². The largest absolute Gasteiger partial charge is 0.371 e. The minimum absolute atomic E-state index is 0.0748. The van der Waals surface area contributed by atoms with Crippen molar-refractivity contribution in [2.24, 2.45) is 0 Å². The summed E-state index contributed by atoms with van der Waals surface area (Å²) in [4.78, 5) is 25.8. The second-order valence-electron chi connectivity index (χ2n) is 6.63. The second kappa shape index (κ2) is 7.36. The van der Waals surface area contributed by atoms with Crippen LogP contribution in [0.5, 0.6) is 0 Å². The maximum Gasteiger partial charge on any atom is 0.270 e. The number of carbonyl (C=O) groups is 1. The molecule has 1 fully saturated rings. The zero-order valence-corrected chi connectivity index (χ0v) is 15.5. The predicted molar refractivity (Wildman–Crippen MR) is 109 cm³/mol. The number of fused-ring (bicyclic) bond motifs is 1. The first-order chi connectivity index (χ1) is 13.1. The van der Waals surface area contributed by atoms with E-state index in [0.717, 1.165) is 41.7 Å². The van der Waals surface area contributed by atoms with Crippen LogP contribution in [0.3, 0.4) is 0 Å². The molecule has 138 valence electrons. The van der Waals surface area contributed by atoms with E-state index in [2.05, 4.69) is 10.2 Å². The van der Waals surface area contributed by atoms with Crippen LogP contribution in [0.15, 0.2) is 47.8 Å². The summed E-state index contributed by atoms with van der Waals surface area (Å²) in [5, 5.41) is 17.2. The molecule has 0 spiro atoms. The SMILES string of the molecule is O=C(Nc1ccc2sccc2c1)c1cc([N+](=O)[O-])ccc1N1CCCCC1. The molecular weight excluding hydrogens is 362 g/mol. The molecule has 1 N–H and O–H groups in total. The van der Waals surface area contributed by atoms with E-state index >= 15 is 0 Å². The van der Waals surface area contributed by atoms with Gasteiger partial charge < -0.3 is 10.2 Å². The highest BCUT2D eigenvalue weighted by atomic mass is 32.1. The van der Waals surface area contributed by atoms with E-state index in [0.29, 0.717) is 11.3 Å². The summed E-state index contributed by atoms with van der Waals surface area (Å²) in [5.41, 5.74) is 1.71. The van der Waals surface area contributed by atoms with Gasteiger partial charge in [0.1, 0.15) is 0 Å². The zero-order valence-electron chi connectivity index (χ0n) is 14.7. The predicted octanol–water partition coefficient (Wildman–Crippen LogP) is 5.05. The molecule has 3 aromatic rings. The molecule has 27 heavy (non-hydrogen) atoms. The van der Waals surface area contributed by atoms with Crippen molar-refractivity contribution in [2.75, 3.05) is 23.3 Å². The van der Waals surface area contributed by atoms with E-state index in [1.54, 1.807) is 17.4 Å². The number of amides is 1. The topological polar surface area (TPSA) is 75.5 Å². The van der Waals surface area contributed by atoms with Crippen LogP contribution in [0.25, 0.3) is 10.1 Å². The number of nitro benzene ring substituents is 1. The van der Waals surface area contributed by atoms with Gasteiger partial charge in [-0.05, 0) is 60.4 Å². The van der Waals surface area contributed by atoms with Gasteiger partial charge in [-0.3, -0.25) is 14.9 Å². The standard InChI is InChI=1S/C20H19N3O3S/c24-20(21-15-4-7-19-14(12-15)8-11-27-19)17-13-16(23(25)26)5-6-18(17)22-9-2-1-3-10-22/h4-8,11-13H,1-3,9-10H2,(H,21,24). The molecule has 0 bridgehead atoms. The lowest BCUT2D eigenvalue weighted by atomic mass is 10.1. The molecule has 0 unspecified atom stereocenters. The van der Waals surface area contributed by atoms with Gasteiger partial charge in [0, 0.05) is 35.6 Å². The van der Waals surface area contributed by atoms with Gasteiger partial charge in [-0.15, -0.1) is 11.3 Å². The first-order valence-corrected chi connectivity index (χ1v) is 9.82. The first kappa shape index (κ1) is 17.5. The Kier molecular flexibility index (Phi) is 4.77. The Balaban J connectivity index is 1.67. The van der Waals surface area contributed by atoms with Gasteiger partial charge in [0.2, 0.25) is 0 Å². The number of benzene rings is 2. The maximum absolute atomic E-state index is 13.0. The fourth-order valence-corrected chi connectivity index (χ4v) is 4.24. The summed E-state index contributed by atoms with van der Waals surface area (Å²) in [6.07, 6.45) is 3.30. The van der Waals surface area contributed by atoms with Crippen LogP contribution in [0.2, 0.25) is 0 Å². The highest BCUT2D eigenvalue weighted by molar-refractivity contribution is 7.17. The van der Waals surface area contributed by atoms with Gasteiger partial charge in [0.15, 0.2) is 0 Å². The van der Waals surface area contributed by atoms with Crippen LogP contribution >= 0.6 is 11.3 Å². The number of anilines is 2. The monoisotopic (exact) mass is 381 g/mol. The van der Waals surface area contributed by atoms with Crippen LogP contribution < -0.4 is 10.2 Å². The maximum atomic E-state index is 13.0. The van der Waals surface area contributed by atoms with E-state index in [1.807, 2.05) is 29.6 Å². The lowest BCUT2D eigenvalue weighted by Gasteiger charge is -2.30. The molecule has 0 radical (unpaired) electrons. The number of nitrogens with one attached hydrogen (secondary N) is 1. The molecule has 1 aromatic heterocycles. The Bertz CT molecular complexity index is 1010. The minimum Gasteiger partial charge on any atom is -0.371 e. The van der Waals surface area contributed by atoms with Crippen molar-refractivity contribution in [3.63, 3.8) is 0 Å². The number of nitrogens with zero attached hydrogens (tertiary/aromatic N) is 2. The number of thiophene rings is 1. The Morgan fingerprint density at radius 3 is 2.67 bits per heavy atom. The lowest BCUT2D eigenvalue weighted by molar-refractivity contribution is -0.384. The highest BCUT2D eigenvalue weighted by Crippen LogP contribution is 2.30. The molecule has 1 aliphatic rings. The van der Waals surface area contributed by atoms with E-state index in [1.165, 1.54) is 18.6 Å². The summed E-state index contributed by atoms with van der Waals surface area (Å²) in [7, 11) is 0. The normalized spacial score (nSPS) is 14.3. The molecule has 6 nitrogen and oxygen atoms in total. The average molecular weight is 381 g/mol. The first-order valence-electron chi connectivity index (χ1n) is 8.94. The number of nitro groups is 1. The van der Waals surface area contributed by atoms with E-state index < -0.39 is 4.92 Å². The molecule has 7 heteroatoms. The third-order valence-corrected chi connectivity index (χ3v) is 5.74. The number of carbonyl (C=O) groups excluding carboxylic acids is 1. The number of hydrogen-bond acceptors (Lipinski definition) is 5. The number of hydrogen-bond donors (Lipinski definition) is 1. The number of non-ortho nitro benzene ring substituents is 1. The quantitative estimate of drug-likeness (QED) is 0.507. The minimum atomic E-state index is -0.464. The van der Waals surface area contributed by atoms with Crippen LogP contribution in [-0.2, 0) is 0 Å². The van der Waals surface area contributed by atoms with Gasteiger partial charge in [-0.25, -0.2) is 0 Å². The smallest absolute Gasteiger partial charge is 0.270 e. The van der Waals surface area contributed by atoms with Gasteiger partial charge >= 0.3 is 0 Å². The van der Waals surface area contributed by atoms with Crippen molar-refractivity contribution < 1.29 is 9.72 Å². The third kappa shape index (κ3) is 3.64. The van der Waals surface area contributed by atoms with Crippen LogP contribution in [0.4, 0.5) is 17.1 Å². The van der Waals surface area contributed by atoms with Crippen molar-refractivity contribution in [1.29, 1.82) is 0 Å². The van der Waals surface area contributed by atoms with E-state index in [4.69, 9.17) is 0 Å². The summed E-state index contributed by atoms with van der Waals surface area (Å²) in [6, 6.07) is 12.3. The van der Waals surface area contributed by atoms with E-state index in [9.17, 15) is 14.9 Å². The highest BCUT2D eigenvalue weighted by Gasteiger charge is 2.22. The van der Waals surface area contributed by atoms with Gasteiger partial charge in [-0.1, -0.05) is 0 Å². The van der Waals surface area contributed by atoms with Crippen LogP contribution in [-0.4, -0.2) is 23.9 Å². The Morgan fingerprint density at radius 2 is 1.89 bits per heavy atom. The van der Waals surface area contributed by atoms with Crippen molar-refractivity contribution >= 4 is 44.4 Å². The summed E-state index contributed by atoms with van der Waals surface area (Å²) < 4.78 is 1.15. The second-order valence-corrected chi connectivity index (χ2v) is 7.58. The van der Waals surface area contributed by atoms with Crippen molar-refractivity contribution in [3.8, 4) is 0 Å². The molecule has 1 saturated heterocycles. The molecule has 1 aliphatic heterocycles. The van der Waals surface area contributed by atoms with Crippen molar-refractivity contribution in [2.45, 2.75) is 19.3 Å². The van der Waals surface area contributed by atoms with Crippen molar-refractivity contribution in [3.05, 3.63) is 63.5 Å². The van der Waals surface area contributed by atoms with E-state index in [-0.39, 0.29) is 11.6 Å². The van der Waals surface area contributed by atoms with Crippen LogP contribution in [0, 0.1) is 10.1 Å². The molecule has 0 aliphatic carbocycles. The molecular formula is C20H19N3O3S. The molecule has 0 atom stereocenters. The summed E-state index contributed by atoms with van der Waals surface area (Å²) in [6.45, 7) is 1.72. The summed E-state index contributed by atoms with van der Waals surface area (Å²) in [5.74, 6) is -0.325. The fraction of sp³-hybridized carbons (Fsp3) is 0.250. The van der Waals surface area contributed by atoms with Gasteiger partial charge in [0.05, 0.1) is 16.2 Å². The molecule has 4 rings (SSSR count). The van der Waals surface area contributed by atoms with Crippen LogP contribution in [0.1, 0.15) is 29.6 Å². The third-order valence-electron chi connectivity index (χ3n) is 4.84. The molecule has 1 amide bonds. The van der Waals surface area contributed by atoms with Gasteiger partial charge in [0.25, 0.3) is 11.6 Å². The Morgan fingerprint density at radius 1 is 1.07 bits per heavy atom. The molecule has 0 saturated carbocycles. The zero-order chi connectivity index (χ0) is 18.8. The number of piperidine rings is 1. The fourth-order valence-electron chi connectivity index (χ4n) is 3.47. The Labute approximate surface area is 160 Å². The molecule has 2 aromatic carbocycles. The molecule has 2 heterocycles. The Hall–Kier alpha value is -2.93. The summed E-state index contributed by atoms with van der Waals surface area (Å²) >= 11 is 1.64. The van der Waals surface area contributed by atoms with Gasteiger partial charge in [-0.2, -0.15) is 0 Å². The number of rotatable bonds is 4.